The van der Waals surface area contributed by atoms with Crippen molar-refractivity contribution in [3.05, 3.63) is 83.7 Å². The van der Waals surface area contributed by atoms with Gasteiger partial charge < -0.3 is 0 Å². The van der Waals surface area contributed by atoms with Gasteiger partial charge in [-0.1, -0.05) is 49.7 Å². The zero-order valence-electron chi connectivity index (χ0n) is 14.8. The minimum atomic E-state index is -3.54. The first-order chi connectivity index (χ1) is 12.6. The van der Waals surface area contributed by atoms with Crippen LogP contribution in [0.1, 0.15) is 30.0 Å². The summed E-state index contributed by atoms with van der Waals surface area (Å²) in [7, 11) is -3.54. The summed E-state index contributed by atoms with van der Waals surface area (Å²) in [4.78, 5) is 0.293. The topological polar surface area (TPSA) is 64.0 Å². The Bertz CT molecular complexity index is 933. The molecule has 0 fully saturated rings. The highest BCUT2D eigenvalue weighted by molar-refractivity contribution is 7.89. The molecule has 1 heterocycles. The van der Waals surface area contributed by atoms with Crippen LogP contribution in [0, 0.1) is 0 Å². The lowest BCUT2D eigenvalue weighted by Crippen LogP contribution is -2.24. The molecule has 0 unspecified atom stereocenters. The molecule has 0 aliphatic heterocycles. The minimum Gasteiger partial charge on any atom is -0.268 e. The van der Waals surface area contributed by atoms with Crippen LogP contribution in [-0.4, -0.2) is 18.2 Å². The predicted octanol–water partition coefficient (Wildman–Crippen LogP) is 3.36. The van der Waals surface area contributed by atoms with Crippen molar-refractivity contribution in [2.45, 2.75) is 37.8 Å². The van der Waals surface area contributed by atoms with E-state index >= 15 is 0 Å². The fraction of sp³-hybridized carbons (Fsp3) is 0.250. The van der Waals surface area contributed by atoms with E-state index < -0.39 is 10.0 Å². The monoisotopic (exact) mass is 369 g/mol. The molecule has 0 aliphatic rings. The molecule has 0 spiro atoms. The fourth-order valence-corrected chi connectivity index (χ4v) is 3.84. The van der Waals surface area contributed by atoms with Gasteiger partial charge in [0.05, 0.1) is 11.4 Å². The standard InChI is InChI=1S/C20H23N3O2S/c1-2-6-17-9-11-20(12-10-17)26(24,25)22-15-18-7-3-4-8-19(18)16-23-14-5-13-21-23/h3-5,7-14,22H,2,6,15-16H2,1H3. The van der Waals surface area contributed by atoms with Crippen molar-refractivity contribution in [3.63, 3.8) is 0 Å². The van der Waals surface area contributed by atoms with Gasteiger partial charge in [0, 0.05) is 18.9 Å². The maximum Gasteiger partial charge on any atom is 0.240 e. The Morgan fingerprint density at radius 1 is 1.00 bits per heavy atom. The average Bonchev–Trinajstić information content (AvgIpc) is 3.15. The highest BCUT2D eigenvalue weighted by Crippen LogP contribution is 2.14. The molecule has 0 aliphatic carbocycles. The molecule has 0 bridgehead atoms. The van der Waals surface area contributed by atoms with Crippen LogP contribution in [0.5, 0.6) is 0 Å². The zero-order chi connectivity index (χ0) is 18.4. The summed E-state index contributed by atoms with van der Waals surface area (Å²) in [6, 6.07) is 16.8. The van der Waals surface area contributed by atoms with Crippen LogP contribution in [0.15, 0.2) is 71.9 Å². The van der Waals surface area contributed by atoms with Gasteiger partial charge in [-0.3, -0.25) is 4.68 Å². The van der Waals surface area contributed by atoms with E-state index in [2.05, 4.69) is 16.7 Å². The number of nitrogens with one attached hydrogen (secondary N) is 1. The first-order valence-electron chi connectivity index (χ1n) is 8.71. The molecular formula is C20H23N3O2S. The van der Waals surface area contributed by atoms with Gasteiger partial charge >= 0.3 is 0 Å². The summed E-state index contributed by atoms with van der Waals surface area (Å²) < 4.78 is 29.7. The lowest BCUT2D eigenvalue weighted by molar-refractivity contribution is 0.580. The van der Waals surface area contributed by atoms with E-state index in [0.29, 0.717) is 11.4 Å². The van der Waals surface area contributed by atoms with Gasteiger partial charge in [0.25, 0.3) is 0 Å². The molecule has 26 heavy (non-hydrogen) atoms. The Labute approximate surface area is 154 Å². The Morgan fingerprint density at radius 3 is 2.38 bits per heavy atom. The Morgan fingerprint density at radius 2 is 1.73 bits per heavy atom. The third-order valence-corrected chi connectivity index (χ3v) is 5.65. The van der Waals surface area contributed by atoms with Crippen molar-refractivity contribution in [1.82, 2.24) is 14.5 Å². The van der Waals surface area contributed by atoms with Crippen molar-refractivity contribution in [3.8, 4) is 0 Å². The van der Waals surface area contributed by atoms with Gasteiger partial charge in [-0.25, -0.2) is 13.1 Å². The second-order valence-electron chi connectivity index (χ2n) is 6.19. The number of aromatic nitrogens is 2. The van der Waals surface area contributed by atoms with Crippen LogP contribution in [0.3, 0.4) is 0 Å². The zero-order valence-corrected chi connectivity index (χ0v) is 15.6. The Kier molecular flexibility index (Phi) is 5.85. The fourth-order valence-electron chi connectivity index (χ4n) is 2.83. The molecule has 0 amide bonds. The molecule has 0 atom stereocenters. The minimum absolute atomic E-state index is 0.247. The second-order valence-corrected chi connectivity index (χ2v) is 7.96. The molecule has 1 aromatic heterocycles. The van der Waals surface area contributed by atoms with E-state index in [0.717, 1.165) is 29.5 Å². The summed E-state index contributed by atoms with van der Waals surface area (Å²) in [5.74, 6) is 0. The first kappa shape index (κ1) is 18.4. The number of benzene rings is 2. The quantitative estimate of drug-likeness (QED) is 0.662. The second kappa shape index (κ2) is 8.29. The molecule has 3 rings (SSSR count). The summed E-state index contributed by atoms with van der Waals surface area (Å²) in [5, 5.41) is 4.21. The third kappa shape index (κ3) is 4.59. The molecule has 6 heteroatoms. The average molecular weight is 369 g/mol. The molecule has 136 valence electrons. The number of nitrogens with zero attached hydrogens (tertiary/aromatic N) is 2. The van der Waals surface area contributed by atoms with Gasteiger partial charge in [0.1, 0.15) is 0 Å². The maximum atomic E-state index is 12.6. The van der Waals surface area contributed by atoms with E-state index in [1.807, 2.05) is 53.3 Å². The third-order valence-electron chi connectivity index (χ3n) is 4.23. The van der Waals surface area contributed by atoms with Gasteiger partial charge in [0.15, 0.2) is 0 Å². The van der Waals surface area contributed by atoms with Crippen LogP contribution >= 0.6 is 0 Å². The molecule has 0 saturated carbocycles. The normalized spacial score (nSPS) is 11.6. The summed E-state index contributed by atoms with van der Waals surface area (Å²) in [6.45, 7) is 2.96. The van der Waals surface area contributed by atoms with Crippen molar-refractivity contribution < 1.29 is 8.42 Å². The van der Waals surface area contributed by atoms with E-state index in [-0.39, 0.29) is 6.54 Å². The number of hydrogen-bond acceptors (Lipinski definition) is 3. The summed E-state index contributed by atoms with van der Waals surface area (Å²) in [6.07, 6.45) is 5.61. The smallest absolute Gasteiger partial charge is 0.240 e. The molecule has 0 saturated heterocycles. The van der Waals surface area contributed by atoms with Crippen molar-refractivity contribution in [2.24, 2.45) is 0 Å². The van der Waals surface area contributed by atoms with Crippen LogP contribution < -0.4 is 4.72 Å². The van der Waals surface area contributed by atoms with E-state index in [1.165, 1.54) is 0 Å². The SMILES string of the molecule is CCCc1ccc(S(=O)(=O)NCc2ccccc2Cn2cccn2)cc1. The van der Waals surface area contributed by atoms with Gasteiger partial charge in [-0.05, 0) is 41.3 Å². The van der Waals surface area contributed by atoms with E-state index in [1.54, 1.807) is 18.3 Å². The van der Waals surface area contributed by atoms with Crippen LogP contribution in [0.25, 0.3) is 0 Å². The molecule has 0 radical (unpaired) electrons. The maximum absolute atomic E-state index is 12.6. The number of hydrogen-bond donors (Lipinski definition) is 1. The van der Waals surface area contributed by atoms with Crippen LogP contribution in [0.4, 0.5) is 0 Å². The number of rotatable bonds is 8. The Balaban J connectivity index is 1.71. The van der Waals surface area contributed by atoms with Crippen molar-refractivity contribution in [2.75, 3.05) is 0 Å². The van der Waals surface area contributed by atoms with Crippen LogP contribution in [-0.2, 0) is 29.5 Å². The number of sulfonamides is 1. The largest absolute Gasteiger partial charge is 0.268 e. The molecule has 3 aromatic rings. The van der Waals surface area contributed by atoms with Crippen LogP contribution in [0.2, 0.25) is 0 Å². The van der Waals surface area contributed by atoms with E-state index in [9.17, 15) is 8.42 Å². The van der Waals surface area contributed by atoms with Gasteiger partial charge in [-0.15, -0.1) is 0 Å². The Hall–Kier alpha value is -2.44. The number of aryl methyl sites for hydroxylation is 1. The van der Waals surface area contributed by atoms with Gasteiger partial charge in [-0.2, -0.15) is 5.10 Å². The first-order valence-corrected chi connectivity index (χ1v) is 10.2. The molecule has 1 N–H and O–H groups in total. The van der Waals surface area contributed by atoms with Crippen molar-refractivity contribution >= 4 is 10.0 Å². The van der Waals surface area contributed by atoms with Crippen molar-refractivity contribution in [1.29, 1.82) is 0 Å². The predicted molar refractivity (Wildman–Crippen MR) is 102 cm³/mol. The molecule has 5 nitrogen and oxygen atoms in total. The lowest BCUT2D eigenvalue weighted by atomic mass is 10.1. The highest BCUT2D eigenvalue weighted by atomic mass is 32.2. The molecule has 2 aromatic carbocycles. The van der Waals surface area contributed by atoms with Gasteiger partial charge in [0.2, 0.25) is 10.0 Å². The highest BCUT2D eigenvalue weighted by Gasteiger charge is 2.14. The summed E-state index contributed by atoms with van der Waals surface area (Å²) >= 11 is 0. The lowest BCUT2D eigenvalue weighted by Gasteiger charge is -2.12. The summed E-state index contributed by atoms with van der Waals surface area (Å²) in [5.41, 5.74) is 3.13. The van der Waals surface area contributed by atoms with E-state index in [4.69, 9.17) is 0 Å². The molecular weight excluding hydrogens is 346 g/mol.